The van der Waals surface area contributed by atoms with Crippen LogP contribution < -0.4 is 11.1 Å². The Labute approximate surface area is 119 Å². The number of hydrogen-bond donors (Lipinski definition) is 2. The summed E-state index contributed by atoms with van der Waals surface area (Å²) in [4.78, 5) is 0. The predicted molar refractivity (Wildman–Crippen MR) is 75.9 cm³/mol. The number of rotatable bonds is 2. The zero-order valence-corrected chi connectivity index (χ0v) is 12.1. The highest BCUT2D eigenvalue weighted by molar-refractivity contribution is 9.10. The third kappa shape index (κ3) is 2.81. The third-order valence-electron chi connectivity index (χ3n) is 2.29. The highest BCUT2D eigenvalue weighted by Gasteiger charge is 2.08. The number of halogens is 4. The fraction of sp³-hybridized carbons (Fsp3) is 0. The van der Waals surface area contributed by atoms with Gasteiger partial charge in [-0.2, -0.15) is 0 Å². The van der Waals surface area contributed by atoms with Gasteiger partial charge in [0, 0.05) is 10.5 Å². The summed E-state index contributed by atoms with van der Waals surface area (Å²) in [5.41, 5.74) is 6.57. The van der Waals surface area contributed by atoms with Crippen molar-refractivity contribution in [2.45, 2.75) is 0 Å². The van der Waals surface area contributed by atoms with E-state index < -0.39 is 11.6 Å². The van der Waals surface area contributed by atoms with E-state index >= 15 is 0 Å². The number of hydrogen-bond acceptors (Lipinski definition) is 2. The summed E-state index contributed by atoms with van der Waals surface area (Å²) in [5.74, 6) is -0.890. The zero-order valence-electron chi connectivity index (χ0n) is 8.98. The molecule has 0 fully saturated rings. The topological polar surface area (TPSA) is 38.0 Å². The van der Waals surface area contributed by atoms with Crippen molar-refractivity contribution in [1.29, 1.82) is 0 Å². The van der Waals surface area contributed by atoms with Crippen LogP contribution in [0.1, 0.15) is 0 Å². The first kappa shape index (κ1) is 13.3. The van der Waals surface area contributed by atoms with Gasteiger partial charge >= 0.3 is 0 Å². The van der Waals surface area contributed by atoms with E-state index in [1.54, 1.807) is 12.1 Å². The Kier molecular flexibility index (Phi) is 3.87. The van der Waals surface area contributed by atoms with E-state index in [0.29, 0.717) is 10.2 Å². The van der Waals surface area contributed by atoms with Crippen molar-refractivity contribution in [2.75, 3.05) is 11.1 Å². The molecule has 2 aromatic rings. The molecule has 0 spiro atoms. The lowest BCUT2D eigenvalue weighted by Gasteiger charge is -2.11. The Balaban J connectivity index is 2.37. The smallest absolute Gasteiger partial charge is 0.147 e. The van der Waals surface area contributed by atoms with Gasteiger partial charge < -0.3 is 11.1 Å². The van der Waals surface area contributed by atoms with Crippen molar-refractivity contribution < 1.29 is 8.78 Å². The molecule has 0 saturated carbocycles. The first-order valence-corrected chi connectivity index (χ1v) is 6.52. The van der Waals surface area contributed by atoms with E-state index in [1.807, 2.05) is 0 Å². The summed E-state index contributed by atoms with van der Waals surface area (Å²) in [7, 11) is 0. The summed E-state index contributed by atoms with van der Waals surface area (Å²) in [6.45, 7) is 0. The molecule has 0 aromatic heterocycles. The molecular formula is C12H8Br2F2N2. The Bertz CT molecular complexity index is 603. The van der Waals surface area contributed by atoms with Gasteiger partial charge in [0.15, 0.2) is 0 Å². The monoisotopic (exact) mass is 376 g/mol. The van der Waals surface area contributed by atoms with Crippen LogP contribution in [0.4, 0.5) is 25.8 Å². The van der Waals surface area contributed by atoms with Crippen molar-refractivity contribution in [3.63, 3.8) is 0 Å². The van der Waals surface area contributed by atoms with Crippen molar-refractivity contribution in [3.8, 4) is 0 Å². The maximum Gasteiger partial charge on any atom is 0.147 e. The van der Waals surface area contributed by atoms with Gasteiger partial charge in [0.2, 0.25) is 0 Å². The van der Waals surface area contributed by atoms with Gasteiger partial charge in [-0.05, 0) is 40.2 Å². The molecule has 6 heteroatoms. The molecule has 0 aliphatic heterocycles. The molecule has 3 N–H and O–H groups in total. The van der Waals surface area contributed by atoms with Crippen LogP contribution in [0.5, 0.6) is 0 Å². The molecular weight excluding hydrogens is 370 g/mol. The molecule has 2 aromatic carbocycles. The van der Waals surface area contributed by atoms with E-state index in [9.17, 15) is 8.78 Å². The molecule has 0 bridgehead atoms. The van der Waals surface area contributed by atoms with E-state index in [1.165, 1.54) is 18.2 Å². The second-order valence-corrected chi connectivity index (χ2v) is 5.37. The van der Waals surface area contributed by atoms with Gasteiger partial charge in [0.1, 0.15) is 11.6 Å². The molecule has 2 rings (SSSR count). The highest BCUT2D eigenvalue weighted by Crippen LogP contribution is 2.30. The van der Waals surface area contributed by atoms with E-state index in [4.69, 9.17) is 5.73 Å². The minimum absolute atomic E-state index is 0.206. The number of anilines is 3. The summed E-state index contributed by atoms with van der Waals surface area (Å²) in [6, 6.07) is 7.22. The molecule has 0 saturated heterocycles. The zero-order chi connectivity index (χ0) is 13.3. The lowest BCUT2D eigenvalue weighted by Crippen LogP contribution is -1.99. The average Bonchev–Trinajstić information content (AvgIpc) is 2.29. The summed E-state index contributed by atoms with van der Waals surface area (Å²) < 4.78 is 27.7. The Morgan fingerprint density at radius 3 is 2.33 bits per heavy atom. The summed E-state index contributed by atoms with van der Waals surface area (Å²) >= 11 is 6.22. The second kappa shape index (κ2) is 5.24. The maximum absolute atomic E-state index is 13.6. The number of benzene rings is 2. The molecule has 0 atom stereocenters. The number of nitrogens with two attached hydrogens (primary N) is 1. The summed E-state index contributed by atoms with van der Waals surface area (Å²) in [5, 5.41) is 2.82. The van der Waals surface area contributed by atoms with Crippen LogP contribution in [0.3, 0.4) is 0 Å². The fourth-order valence-electron chi connectivity index (χ4n) is 1.41. The molecule has 18 heavy (non-hydrogen) atoms. The quantitative estimate of drug-likeness (QED) is 0.736. The minimum atomic E-state index is -0.464. The second-order valence-electron chi connectivity index (χ2n) is 3.60. The first-order chi connectivity index (χ1) is 8.47. The van der Waals surface area contributed by atoms with Gasteiger partial charge in [-0.25, -0.2) is 8.78 Å². The average molecular weight is 378 g/mol. The Morgan fingerprint density at radius 2 is 1.67 bits per heavy atom. The van der Waals surface area contributed by atoms with Crippen LogP contribution in [0.15, 0.2) is 39.3 Å². The first-order valence-electron chi connectivity index (χ1n) is 4.94. The maximum atomic E-state index is 13.6. The Hall–Kier alpha value is -1.14. The standard InChI is InChI=1S/C12H8Br2F2N2/c13-6-1-2-11(9(16)3-6)18-12-4-7(14)8(15)5-10(12)17/h1-5,18H,17H2. The van der Waals surface area contributed by atoms with Crippen LogP contribution in [0, 0.1) is 11.6 Å². The predicted octanol–water partition coefficient (Wildman–Crippen LogP) is 4.82. The van der Waals surface area contributed by atoms with Crippen molar-refractivity contribution in [2.24, 2.45) is 0 Å². The molecule has 0 aliphatic rings. The molecule has 0 unspecified atom stereocenters. The van der Waals surface area contributed by atoms with Crippen LogP contribution >= 0.6 is 31.9 Å². The van der Waals surface area contributed by atoms with Gasteiger partial charge in [-0.3, -0.25) is 0 Å². The van der Waals surface area contributed by atoms with Crippen molar-refractivity contribution in [3.05, 3.63) is 50.9 Å². The highest BCUT2D eigenvalue weighted by atomic mass is 79.9. The third-order valence-corrected chi connectivity index (χ3v) is 3.39. The largest absolute Gasteiger partial charge is 0.397 e. The van der Waals surface area contributed by atoms with Gasteiger partial charge in [0.25, 0.3) is 0 Å². The SMILES string of the molecule is Nc1cc(F)c(Br)cc1Nc1ccc(Br)cc1F. The molecule has 0 radical (unpaired) electrons. The van der Waals surface area contributed by atoms with Crippen LogP contribution in [-0.4, -0.2) is 0 Å². The molecule has 94 valence electrons. The van der Waals surface area contributed by atoms with Gasteiger partial charge in [-0.1, -0.05) is 15.9 Å². The van der Waals surface area contributed by atoms with Crippen molar-refractivity contribution in [1.82, 2.24) is 0 Å². The van der Waals surface area contributed by atoms with Gasteiger partial charge in [0.05, 0.1) is 21.5 Å². The Morgan fingerprint density at radius 1 is 0.944 bits per heavy atom. The van der Waals surface area contributed by atoms with E-state index in [-0.39, 0.29) is 15.8 Å². The summed E-state index contributed by atoms with van der Waals surface area (Å²) in [6.07, 6.45) is 0. The van der Waals surface area contributed by atoms with Gasteiger partial charge in [-0.15, -0.1) is 0 Å². The molecule has 0 heterocycles. The van der Waals surface area contributed by atoms with Crippen LogP contribution in [-0.2, 0) is 0 Å². The van der Waals surface area contributed by atoms with E-state index in [2.05, 4.69) is 37.2 Å². The molecule has 2 nitrogen and oxygen atoms in total. The van der Waals surface area contributed by atoms with Crippen molar-refractivity contribution >= 4 is 48.9 Å². The number of nitrogen functional groups attached to an aromatic ring is 1. The molecule has 0 amide bonds. The lowest BCUT2D eigenvalue weighted by molar-refractivity contribution is 0.622. The lowest BCUT2D eigenvalue weighted by atomic mass is 10.2. The minimum Gasteiger partial charge on any atom is -0.397 e. The van der Waals surface area contributed by atoms with Crippen LogP contribution in [0.2, 0.25) is 0 Å². The fourth-order valence-corrected chi connectivity index (χ4v) is 2.08. The van der Waals surface area contributed by atoms with Crippen LogP contribution in [0.25, 0.3) is 0 Å². The number of nitrogens with one attached hydrogen (secondary N) is 1. The van der Waals surface area contributed by atoms with E-state index in [0.717, 1.165) is 0 Å². The normalized spacial score (nSPS) is 10.4. The molecule has 0 aliphatic carbocycles.